The number of likely N-dealkylation sites (tertiary alicyclic amines) is 1. The average molecular weight is 561 g/mol. The van der Waals surface area contributed by atoms with Crippen LogP contribution in [0.5, 0.6) is 0 Å². The lowest BCUT2D eigenvalue weighted by Gasteiger charge is -2.42. The molecule has 0 radical (unpaired) electrons. The summed E-state index contributed by atoms with van der Waals surface area (Å²) in [6.45, 7) is 2.38. The molecule has 0 aliphatic carbocycles. The van der Waals surface area contributed by atoms with Gasteiger partial charge >= 0.3 is 6.18 Å². The highest BCUT2D eigenvalue weighted by Gasteiger charge is 2.42. The van der Waals surface area contributed by atoms with Crippen LogP contribution in [-0.4, -0.2) is 81.2 Å². The molecule has 1 aromatic carbocycles. The molecule has 2 aliphatic rings. The molecular weight excluding hydrogens is 529 g/mol. The smallest absolute Gasteiger partial charge is 0.401 e. The number of nitrogens with zero attached hydrogens (tertiary/aromatic N) is 3. The third kappa shape index (κ3) is 7.06. The van der Waals surface area contributed by atoms with Gasteiger partial charge in [0, 0.05) is 43.5 Å². The van der Waals surface area contributed by atoms with Gasteiger partial charge in [0.2, 0.25) is 0 Å². The van der Waals surface area contributed by atoms with E-state index in [1.54, 1.807) is 31.3 Å². The van der Waals surface area contributed by atoms with E-state index in [0.717, 1.165) is 18.8 Å². The number of alkyl halides is 4. The number of halogens is 5. The molecule has 13 heteroatoms. The van der Waals surface area contributed by atoms with Crippen molar-refractivity contribution in [3.8, 4) is 0 Å². The van der Waals surface area contributed by atoms with Crippen molar-refractivity contribution >= 4 is 17.0 Å². The lowest BCUT2D eigenvalue weighted by Crippen LogP contribution is -2.54. The lowest BCUT2D eigenvalue weighted by atomic mass is 9.85. The maximum absolute atomic E-state index is 15.5. The molecule has 7 nitrogen and oxygen atoms in total. The van der Waals surface area contributed by atoms with E-state index >= 15 is 4.39 Å². The van der Waals surface area contributed by atoms with Gasteiger partial charge < -0.3 is 9.87 Å². The van der Waals surface area contributed by atoms with Gasteiger partial charge in [0.25, 0.3) is 0 Å². The fourth-order valence-electron chi connectivity index (χ4n) is 5.25. The predicted octanol–water partition coefficient (Wildman–Crippen LogP) is 3.50. The minimum Gasteiger partial charge on any atom is -0.760 e. The Morgan fingerprint density at radius 2 is 1.97 bits per heavy atom. The Labute approximate surface area is 221 Å². The number of aromatic nitrogens is 1. The van der Waals surface area contributed by atoms with Crippen LogP contribution in [0, 0.1) is 5.82 Å². The van der Waals surface area contributed by atoms with Crippen molar-refractivity contribution in [2.24, 2.45) is 0 Å². The molecule has 4 rings (SSSR count). The van der Waals surface area contributed by atoms with Crippen molar-refractivity contribution in [3.05, 3.63) is 58.7 Å². The van der Waals surface area contributed by atoms with Gasteiger partial charge in [-0.15, -0.1) is 0 Å². The molecule has 0 amide bonds. The van der Waals surface area contributed by atoms with Gasteiger partial charge in [0.15, 0.2) is 0 Å². The van der Waals surface area contributed by atoms with Gasteiger partial charge in [0.1, 0.15) is 5.82 Å². The number of anilines is 1. The third-order valence-electron chi connectivity index (χ3n) is 7.03. The fourth-order valence-corrected chi connectivity index (χ4v) is 5.52. The van der Waals surface area contributed by atoms with Crippen molar-refractivity contribution in [2.45, 2.75) is 50.5 Å². The van der Waals surface area contributed by atoms with Crippen molar-refractivity contribution in [1.82, 2.24) is 19.5 Å². The summed E-state index contributed by atoms with van der Waals surface area (Å²) < 4.78 is 92.2. The first-order valence-electron chi connectivity index (χ1n) is 12.5. The molecular formula is C25H31F5N5O2S-. The first-order valence-corrected chi connectivity index (χ1v) is 13.6. The van der Waals surface area contributed by atoms with Crippen LogP contribution in [0.2, 0.25) is 0 Å². The van der Waals surface area contributed by atoms with E-state index in [9.17, 15) is 26.3 Å². The topological polar surface area (TPSA) is 83.6 Å². The van der Waals surface area contributed by atoms with Gasteiger partial charge in [0.05, 0.1) is 42.9 Å². The predicted molar refractivity (Wildman–Crippen MR) is 133 cm³/mol. The SMILES string of the molecule is C[C@@H]1Cc2c(ccc(CCNS(=O)[O-])c2F)[C@@H](c2ccc(NC3CN(CCCF)C3)cn2)N1CC(F)(F)F. The van der Waals surface area contributed by atoms with Crippen LogP contribution in [-0.2, 0) is 24.1 Å². The first-order chi connectivity index (χ1) is 18.1. The molecule has 2 N–H and O–H groups in total. The maximum atomic E-state index is 15.5. The zero-order chi connectivity index (χ0) is 27.4. The van der Waals surface area contributed by atoms with E-state index in [2.05, 4.69) is 19.9 Å². The molecule has 0 bridgehead atoms. The number of hydrogen-bond acceptors (Lipinski definition) is 6. The second kappa shape index (κ2) is 12.3. The molecule has 210 valence electrons. The minimum atomic E-state index is -4.46. The van der Waals surface area contributed by atoms with Gasteiger partial charge in [-0.1, -0.05) is 12.1 Å². The summed E-state index contributed by atoms with van der Waals surface area (Å²) in [5.41, 5.74) is 2.14. The molecule has 2 aliphatic heterocycles. The Balaban J connectivity index is 1.57. The van der Waals surface area contributed by atoms with Crippen molar-refractivity contribution < 1.29 is 30.7 Å². The zero-order valence-corrected chi connectivity index (χ0v) is 21.8. The van der Waals surface area contributed by atoms with E-state index in [1.165, 1.54) is 11.0 Å². The number of nitrogens with one attached hydrogen (secondary N) is 2. The number of fused-ring (bicyclic) bond motifs is 1. The summed E-state index contributed by atoms with van der Waals surface area (Å²) in [5, 5.41) is 3.33. The molecule has 1 aromatic heterocycles. The number of pyridine rings is 1. The normalized spacial score (nSPS) is 21.7. The summed E-state index contributed by atoms with van der Waals surface area (Å²) >= 11 is -2.47. The van der Waals surface area contributed by atoms with Gasteiger partial charge in [-0.25, -0.2) is 9.11 Å². The Bertz CT molecular complexity index is 1110. The highest BCUT2D eigenvalue weighted by Crippen LogP contribution is 2.40. The summed E-state index contributed by atoms with van der Waals surface area (Å²) in [5.74, 6) is -0.523. The van der Waals surface area contributed by atoms with E-state index in [-0.39, 0.29) is 32.1 Å². The summed E-state index contributed by atoms with van der Waals surface area (Å²) in [7, 11) is 0. The summed E-state index contributed by atoms with van der Waals surface area (Å²) in [6.07, 6.45) is -2.18. The zero-order valence-electron chi connectivity index (χ0n) is 20.9. The van der Waals surface area contributed by atoms with Gasteiger partial charge in [-0.3, -0.25) is 23.4 Å². The molecule has 38 heavy (non-hydrogen) atoms. The molecule has 3 atom stereocenters. The van der Waals surface area contributed by atoms with Gasteiger partial charge in [-0.2, -0.15) is 13.2 Å². The molecule has 1 fully saturated rings. The number of rotatable bonds is 11. The van der Waals surface area contributed by atoms with Crippen molar-refractivity contribution in [2.75, 3.05) is 44.7 Å². The Kier molecular flexibility index (Phi) is 9.35. The lowest BCUT2D eigenvalue weighted by molar-refractivity contribution is -0.155. The Morgan fingerprint density at radius 3 is 2.61 bits per heavy atom. The minimum absolute atomic E-state index is 0.00954. The van der Waals surface area contributed by atoms with Crippen LogP contribution in [0.3, 0.4) is 0 Å². The van der Waals surface area contributed by atoms with Crippen LogP contribution in [0.1, 0.15) is 41.8 Å². The van der Waals surface area contributed by atoms with E-state index in [4.69, 9.17) is 0 Å². The van der Waals surface area contributed by atoms with E-state index in [0.29, 0.717) is 35.3 Å². The monoisotopic (exact) mass is 560 g/mol. The highest BCUT2D eigenvalue weighted by molar-refractivity contribution is 7.77. The molecule has 0 spiro atoms. The van der Waals surface area contributed by atoms with Gasteiger partial charge in [-0.05, 0) is 55.0 Å². The van der Waals surface area contributed by atoms with Crippen LogP contribution < -0.4 is 10.0 Å². The van der Waals surface area contributed by atoms with Crippen LogP contribution in [0.25, 0.3) is 0 Å². The Morgan fingerprint density at radius 1 is 1.21 bits per heavy atom. The first kappa shape index (κ1) is 28.8. The third-order valence-corrected chi connectivity index (χ3v) is 7.47. The Hall–Kier alpha value is -2.19. The van der Waals surface area contributed by atoms with Crippen LogP contribution in [0.15, 0.2) is 30.5 Å². The molecule has 1 saturated heterocycles. The second-order valence-electron chi connectivity index (χ2n) is 9.84. The average Bonchev–Trinajstić information content (AvgIpc) is 2.82. The molecule has 0 saturated carbocycles. The number of benzene rings is 1. The second-order valence-corrected chi connectivity index (χ2v) is 10.6. The molecule has 3 heterocycles. The fraction of sp³-hybridized carbons (Fsp3) is 0.560. The highest BCUT2D eigenvalue weighted by atomic mass is 32.2. The van der Waals surface area contributed by atoms with E-state index < -0.39 is 41.9 Å². The molecule has 1 unspecified atom stereocenters. The van der Waals surface area contributed by atoms with Crippen LogP contribution in [0.4, 0.5) is 27.6 Å². The maximum Gasteiger partial charge on any atom is 0.401 e. The standard InChI is InChI=1S/C25H32F5N5O2S/c1-16-11-21-20(5-3-17(23(21)27)7-9-32-38(36)37)24(35(16)15-25(28,29)30)22-6-4-18(12-31-22)33-19-13-34(14-19)10-2-8-26/h3-6,12,16,19,24,32-33H,2,7-11,13-15H2,1H3,(H,36,37)/p-1/t16-,24+/m1/s1. The largest absolute Gasteiger partial charge is 0.760 e. The van der Waals surface area contributed by atoms with Crippen molar-refractivity contribution in [1.29, 1.82) is 0 Å². The quantitative estimate of drug-likeness (QED) is 0.324. The number of hydrogen-bond donors (Lipinski definition) is 2. The van der Waals surface area contributed by atoms with Crippen LogP contribution >= 0.6 is 0 Å². The summed E-state index contributed by atoms with van der Waals surface area (Å²) in [6, 6.07) is 5.21. The van der Waals surface area contributed by atoms with Crippen molar-refractivity contribution in [3.63, 3.8) is 0 Å². The summed E-state index contributed by atoms with van der Waals surface area (Å²) in [4.78, 5) is 7.91. The van der Waals surface area contributed by atoms with E-state index in [1.807, 2.05) is 0 Å². The molecule has 2 aromatic rings.